The molecule has 0 radical (unpaired) electrons. The number of rotatable bonds is 7. The predicted molar refractivity (Wildman–Crippen MR) is 157 cm³/mol. The van der Waals surface area contributed by atoms with Crippen molar-refractivity contribution in [1.82, 2.24) is 30.6 Å². The highest BCUT2D eigenvalue weighted by atomic mass is 32.2. The quantitative estimate of drug-likeness (QED) is 0.314. The molecule has 2 fully saturated rings. The van der Waals surface area contributed by atoms with Crippen LogP contribution in [0.15, 0.2) is 66.1 Å². The van der Waals surface area contributed by atoms with Gasteiger partial charge in [0.05, 0.1) is 21.9 Å². The summed E-state index contributed by atoms with van der Waals surface area (Å²) >= 11 is 0.877. The van der Waals surface area contributed by atoms with E-state index in [9.17, 15) is 14.9 Å². The van der Waals surface area contributed by atoms with Crippen molar-refractivity contribution >= 4 is 45.7 Å². The van der Waals surface area contributed by atoms with Crippen LogP contribution in [0.4, 0.5) is 10.7 Å². The van der Waals surface area contributed by atoms with Gasteiger partial charge >= 0.3 is 0 Å². The number of piperidine rings is 1. The largest absolute Gasteiger partial charge is 0.341 e. The average molecular weight is 563 g/mol. The van der Waals surface area contributed by atoms with Gasteiger partial charge in [-0.05, 0) is 72.3 Å². The molecule has 41 heavy (non-hydrogen) atoms. The Morgan fingerprint density at radius 3 is 2.80 bits per heavy atom. The molecular formula is C30H26N8O2S. The Kier molecular flexibility index (Phi) is 7.67. The van der Waals surface area contributed by atoms with Crippen LogP contribution >= 0.6 is 11.8 Å². The van der Waals surface area contributed by atoms with Crippen LogP contribution in [0.2, 0.25) is 0 Å². The van der Waals surface area contributed by atoms with Gasteiger partial charge in [0.1, 0.15) is 6.07 Å². The van der Waals surface area contributed by atoms with E-state index in [4.69, 9.17) is 0 Å². The molecule has 1 aromatic carbocycles. The summed E-state index contributed by atoms with van der Waals surface area (Å²) in [5, 5.41) is 17.3. The number of nitriles is 1. The molecular weight excluding hydrogens is 536 g/mol. The van der Waals surface area contributed by atoms with Crippen LogP contribution in [0.3, 0.4) is 0 Å². The summed E-state index contributed by atoms with van der Waals surface area (Å²) in [4.78, 5) is 43.6. The second kappa shape index (κ2) is 11.8. The van der Waals surface area contributed by atoms with Crippen molar-refractivity contribution in [3.8, 4) is 17.3 Å². The summed E-state index contributed by atoms with van der Waals surface area (Å²) < 4.78 is 0. The van der Waals surface area contributed by atoms with E-state index in [0.29, 0.717) is 40.3 Å². The van der Waals surface area contributed by atoms with Gasteiger partial charge in [0.25, 0.3) is 11.1 Å². The zero-order valence-corrected chi connectivity index (χ0v) is 22.9. The van der Waals surface area contributed by atoms with Gasteiger partial charge in [-0.2, -0.15) is 5.26 Å². The number of benzene rings is 1. The summed E-state index contributed by atoms with van der Waals surface area (Å²) in [5.74, 6) is 0.734. The standard InChI is InChI=1S/C30H26N8O2S/c31-14-22-12-20(17-35-27(22)25-3-1-2-21-18-32-8-5-24(21)25)16-33-15-19-6-10-38(11-7-19)29-34-9-4-23(36-29)13-26-28(39)37-30(40)41-26/h1-5,8-9,12-13,17-19,33H,6-7,10-11,15-16H2,(H,37,39,40). The first-order valence-electron chi connectivity index (χ1n) is 13.3. The normalized spacial score (nSPS) is 16.8. The van der Waals surface area contributed by atoms with Gasteiger partial charge < -0.3 is 10.2 Å². The molecule has 0 spiro atoms. The molecule has 0 aliphatic carbocycles. The number of pyridine rings is 2. The third kappa shape index (κ3) is 5.94. The van der Waals surface area contributed by atoms with E-state index in [2.05, 4.69) is 41.5 Å². The number of hydrogen-bond acceptors (Lipinski definition) is 10. The van der Waals surface area contributed by atoms with Crippen molar-refractivity contribution in [3.05, 3.63) is 82.9 Å². The van der Waals surface area contributed by atoms with Crippen molar-refractivity contribution in [2.24, 2.45) is 5.92 Å². The van der Waals surface area contributed by atoms with E-state index in [1.54, 1.807) is 24.5 Å². The minimum atomic E-state index is -0.397. The first-order valence-corrected chi connectivity index (χ1v) is 14.1. The maximum atomic E-state index is 11.8. The summed E-state index contributed by atoms with van der Waals surface area (Å²) in [6.07, 6.45) is 10.7. The van der Waals surface area contributed by atoms with Crippen LogP contribution in [0.1, 0.15) is 29.7 Å². The second-order valence-corrected chi connectivity index (χ2v) is 11.0. The van der Waals surface area contributed by atoms with Crippen molar-refractivity contribution in [2.45, 2.75) is 19.4 Å². The van der Waals surface area contributed by atoms with E-state index in [0.717, 1.165) is 66.1 Å². The number of carbonyl (C=O) groups excluding carboxylic acids is 2. The molecule has 4 aromatic rings. The molecule has 10 nitrogen and oxygen atoms in total. The molecule has 2 N–H and O–H groups in total. The van der Waals surface area contributed by atoms with Crippen LogP contribution in [-0.2, 0) is 11.3 Å². The number of amides is 2. The summed E-state index contributed by atoms with van der Waals surface area (Å²) in [6, 6.07) is 13.9. The number of fused-ring (bicyclic) bond motifs is 1. The number of hydrogen-bond donors (Lipinski definition) is 2. The highest BCUT2D eigenvalue weighted by Gasteiger charge is 2.26. The number of nitrogens with one attached hydrogen (secondary N) is 2. The number of nitrogens with zero attached hydrogens (tertiary/aromatic N) is 6. The Balaban J connectivity index is 1.03. The van der Waals surface area contributed by atoms with Crippen molar-refractivity contribution in [3.63, 3.8) is 0 Å². The highest BCUT2D eigenvalue weighted by molar-refractivity contribution is 8.18. The van der Waals surface area contributed by atoms with Gasteiger partial charge in [0.15, 0.2) is 0 Å². The van der Waals surface area contributed by atoms with Gasteiger partial charge in [0, 0.05) is 55.4 Å². The van der Waals surface area contributed by atoms with Crippen LogP contribution in [0, 0.1) is 17.2 Å². The molecule has 3 aromatic heterocycles. The molecule has 2 amide bonds. The van der Waals surface area contributed by atoms with Crippen LogP contribution in [0.25, 0.3) is 28.1 Å². The maximum absolute atomic E-state index is 11.8. The summed E-state index contributed by atoms with van der Waals surface area (Å²) in [5.41, 5.74) is 3.73. The second-order valence-electron chi connectivity index (χ2n) is 9.95. The Labute approximate surface area is 240 Å². The smallest absolute Gasteiger partial charge is 0.290 e. The van der Waals surface area contributed by atoms with Gasteiger partial charge in [-0.3, -0.25) is 24.9 Å². The lowest BCUT2D eigenvalue weighted by atomic mass is 9.97. The lowest BCUT2D eigenvalue weighted by Gasteiger charge is -2.32. The zero-order valence-electron chi connectivity index (χ0n) is 22.1. The van der Waals surface area contributed by atoms with Gasteiger partial charge in [-0.25, -0.2) is 9.97 Å². The molecule has 2 aliphatic heterocycles. The van der Waals surface area contributed by atoms with Crippen LogP contribution in [-0.4, -0.2) is 50.7 Å². The Bertz CT molecular complexity index is 1700. The molecule has 0 atom stereocenters. The highest BCUT2D eigenvalue weighted by Crippen LogP contribution is 2.30. The molecule has 2 saturated heterocycles. The van der Waals surface area contributed by atoms with Crippen molar-refractivity contribution < 1.29 is 9.59 Å². The molecule has 0 unspecified atom stereocenters. The zero-order chi connectivity index (χ0) is 28.2. The van der Waals surface area contributed by atoms with E-state index in [1.807, 2.05) is 42.7 Å². The first kappa shape index (κ1) is 26.6. The van der Waals surface area contributed by atoms with Crippen molar-refractivity contribution in [1.29, 1.82) is 5.26 Å². The number of anilines is 1. The Hall–Kier alpha value is -4.66. The lowest BCUT2D eigenvalue weighted by molar-refractivity contribution is -0.115. The van der Waals surface area contributed by atoms with Gasteiger partial charge in [0.2, 0.25) is 5.95 Å². The number of carbonyl (C=O) groups is 2. The maximum Gasteiger partial charge on any atom is 0.290 e. The molecule has 5 heterocycles. The number of imide groups is 1. The number of thioether (sulfide) groups is 1. The van der Waals surface area contributed by atoms with E-state index < -0.39 is 5.91 Å². The van der Waals surface area contributed by atoms with E-state index in [1.165, 1.54) is 0 Å². The minimum absolute atomic E-state index is 0.335. The predicted octanol–water partition coefficient (Wildman–Crippen LogP) is 4.29. The third-order valence-corrected chi connectivity index (χ3v) is 8.06. The molecule has 2 aliphatic rings. The minimum Gasteiger partial charge on any atom is -0.341 e. The van der Waals surface area contributed by atoms with Gasteiger partial charge in [-0.15, -0.1) is 0 Å². The fourth-order valence-electron chi connectivity index (χ4n) is 5.14. The van der Waals surface area contributed by atoms with Crippen molar-refractivity contribution in [2.75, 3.05) is 24.5 Å². The third-order valence-electron chi connectivity index (χ3n) is 7.25. The lowest BCUT2D eigenvalue weighted by Crippen LogP contribution is -2.38. The molecule has 6 rings (SSSR count). The average Bonchev–Trinajstić information content (AvgIpc) is 3.33. The molecule has 0 saturated carbocycles. The Morgan fingerprint density at radius 1 is 1.12 bits per heavy atom. The van der Waals surface area contributed by atoms with Gasteiger partial charge in [-0.1, -0.05) is 18.2 Å². The number of aromatic nitrogens is 4. The van der Waals surface area contributed by atoms with E-state index >= 15 is 0 Å². The van der Waals surface area contributed by atoms with Crippen LogP contribution < -0.4 is 15.5 Å². The SMILES string of the molecule is N#Cc1cc(CNCC2CCN(c3nccc(C=C4SC(=O)NC4=O)n3)CC2)cnc1-c1cccc2cnccc12. The first-order chi connectivity index (χ1) is 20.1. The molecule has 204 valence electrons. The van der Waals surface area contributed by atoms with E-state index in [-0.39, 0.29) is 5.24 Å². The summed E-state index contributed by atoms with van der Waals surface area (Å²) in [7, 11) is 0. The fourth-order valence-corrected chi connectivity index (χ4v) is 5.81. The molecule has 0 bridgehead atoms. The Morgan fingerprint density at radius 2 is 2.00 bits per heavy atom. The molecule has 11 heteroatoms. The monoisotopic (exact) mass is 562 g/mol. The fraction of sp³-hybridized carbons (Fsp3) is 0.233. The summed E-state index contributed by atoms with van der Waals surface area (Å²) in [6.45, 7) is 3.15. The van der Waals surface area contributed by atoms with Crippen LogP contribution in [0.5, 0.6) is 0 Å². The topological polar surface area (TPSA) is 137 Å².